The maximum Gasteiger partial charge on any atom is 0.243 e. The van der Waals surface area contributed by atoms with E-state index in [1.807, 2.05) is 6.07 Å². The minimum Gasteiger partial charge on any atom is -0.324 e. The predicted octanol–water partition coefficient (Wildman–Crippen LogP) is 5.48. The van der Waals surface area contributed by atoms with Gasteiger partial charge < -0.3 is 5.32 Å². The summed E-state index contributed by atoms with van der Waals surface area (Å²) in [6.45, 7) is -0.386. The highest BCUT2D eigenvalue weighted by Crippen LogP contribution is 2.32. The summed E-state index contributed by atoms with van der Waals surface area (Å²) in [6.07, 6.45) is 0. The standard InChI is InChI=1S/C21H17Cl3N2O3S/c22-17-11-19(24)20(12-18(17)23)25-21(27)14-26(13-15-7-3-1-4-8-15)30(28,29)16-9-5-2-6-10-16/h1-12H,13-14H2,(H,25,27). The van der Waals surface area contributed by atoms with Crippen LogP contribution >= 0.6 is 34.8 Å². The van der Waals surface area contributed by atoms with Gasteiger partial charge in [0.15, 0.2) is 0 Å². The minimum absolute atomic E-state index is 0.0284. The molecule has 0 fully saturated rings. The zero-order chi connectivity index (χ0) is 21.7. The van der Waals surface area contributed by atoms with Crippen molar-refractivity contribution in [3.63, 3.8) is 0 Å². The van der Waals surface area contributed by atoms with Crippen molar-refractivity contribution >= 4 is 56.4 Å². The number of carbonyl (C=O) groups is 1. The molecule has 0 aliphatic rings. The molecular weight excluding hydrogens is 467 g/mol. The average Bonchev–Trinajstić information content (AvgIpc) is 2.73. The lowest BCUT2D eigenvalue weighted by atomic mass is 10.2. The first kappa shape index (κ1) is 22.6. The lowest BCUT2D eigenvalue weighted by molar-refractivity contribution is -0.116. The summed E-state index contributed by atoms with van der Waals surface area (Å²) >= 11 is 18.0. The molecule has 1 amide bonds. The van der Waals surface area contributed by atoms with Crippen LogP contribution in [0, 0.1) is 0 Å². The third kappa shape index (κ3) is 5.53. The van der Waals surface area contributed by atoms with E-state index in [4.69, 9.17) is 34.8 Å². The molecule has 3 aromatic carbocycles. The summed E-state index contributed by atoms with van der Waals surface area (Å²) in [5.41, 5.74) is 0.991. The van der Waals surface area contributed by atoms with Crippen LogP contribution in [0.1, 0.15) is 5.56 Å². The summed E-state index contributed by atoms with van der Waals surface area (Å²) in [4.78, 5) is 12.8. The minimum atomic E-state index is -3.92. The normalized spacial score (nSPS) is 11.5. The number of hydrogen-bond acceptors (Lipinski definition) is 3. The number of carbonyl (C=O) groups excluding carboxylic acids is 1. The van der Waals surface area contributed by atoms with Gasteiger partial charge in [0.25, 0.3) is 0 Å². The van der Waals surface area contributed by atoms with Crippen LogP contribution in [-0.4, -0.2) is 25.2 Å². The first-order chi connectivity index (χ1) is 14.3. The van der Waals surface area contributed by atoms with Crippen molar-refractivity contribution in [3.8, 4) is 0 Å². The van der Waals surface area contributed by atoms with Gasteiger partial charge in [0.2, 0.25) is 15.9 Å². The van der Waals surface area contributed by atoms with E-state index in [0.29, 0.717) is 0 Å². The van der Waals surface area contributed by atoms with Gasteiger partial charge in [-0.15, -0.1) is 0 Å². The first-order valence-corrected chi connectivity index (χ1v) is 11.4. The molecule has 0 aromatic heterocycles. The van der Waals surface area contributed by atoms with E-state index < -0.39 is 22.5 Å². The molecule has 0 saturated heterocycles. The molecule has 30 heavy (non-hydrogen) atoms. The first-order valence-electron chi connectivity index (χ1n) is 8.81. The van der Waals surface area contributed by atoms with Crippen LogP contribution in [0.4, 0.5) is 5.69 Å². The lowest BCUT2D eigenvalue weighted by Crippen LogP contribution is -2.37. The van der Waals surface area contributed by atoms with Gasteiger partial charge in [-0.25, -0.2) is 8.42 Å². The molecule has 0 atom stereocenters. The highest BCUT2D eigenvalue weighted by Gasteiger charge is 2.27. The molecule has 0 radical (unpaired) electrons. The van der Waals surface area contributed by atoms with Crippen LogP contribution in [0.3, 0.4) is 0 Å². The summed E-state index contributed by atoms with van der Waals surface area (Å²) in [6, 6.07) is 19.8. The zero-order valence-corrected chi connectivity index (χ0v) is 18.6. The van der Waals surface area contributed by atoms with Crippen LogP contribution in [0.2, 0.25) is 15.1 Å². The highest BCUT2D eigenvalue weighted by molar-refractivity contribution is 7.89. The van der Waals surface area contributed by atoms with Crippen LogP contribution in [-0.2, 0) is 21.4 Å². The smallest absolute Gasteiger partial charge is 0.243 e. The molecule has 0 aliphatic carbocycles. The van der Waals surface area contributed by atoms with Crippen LogP contribution in [0.5, 0.6) is 0 Å². The number of amides is 1. The van der Waals surface area contributed by atoms with Crippen molar-refractivity contribution < 1.29 is 13.2 Å². The number of sulfonamides is 1. The van der Waals surface area contributed by atoms with Crippen molar-refractivity contribution in [3.05, 3.63) is 93.4 Å². The molecule has 1 N–H and O–H groups in total. The summed E-state index contributed by atoms with van der Waals surface area (Å²) < 4.78 is 27.5. The van der Waals surface area contributed by atoms with Crippen LogP contribution < -0.4 is 5.32 Å². The van der Waals surface area contributed by atoms with Gasteiger partial charge in [-0.1, -0.05) is 83.3 Å². The molecule has 3 aromatic rings. The monoisotopic (exact) mass is 482 g/mol. The summed E-state index contributed by atoms with van der Waals surface area (Å²) in [7, 11) is -3.92. The van der Waals surface area contributed by atoms with E-state index in [9.17, 15) is 13.2 Å². The number of nitrogens with zero attached hydrogens (tertiary/aromatic N) is 1. The van der Waals surface area contributed by atoms with Gasteiger partial charge in [0, 0.05) is 6.54 Å². The topological polar surface area (TPSA) is 66.5 Å². The highest BCUT2D eigenvalue weighted by atomic mass is 35.5. The second-order valence-electron chi connectivity index (χ2n) is 6.37. The van der Waals surface area contributed by atoms with Gasteiger partial charge in [0.1, 0.15) is 0 Å². The Balaban J connectivity index is 1.87. The Bertz CT molecular complexity index is 1140. The molecule has 0 heterocycles. The lowest BCUT2D eigenvalue weighted by Gasteiger charge is -2.22. The molecule has 0 bridgehead atoms. The Kier molecular flexibility index (Phi) is 7.39. The molecule has 3 rings (SSSR count). The van der Waals surface area contributed by atoms with Crippen molar-refractivity contribution in [1.82, 2.24) is 4.31 Å². The quantitative estimate of drug-likeness (QED) is 0.453. The molecular formula is C21H17Cl3N2O3S. The molecule has 0 unspecified atom stereocenters. The molecule has 0 saturated carbocycles. The molecule has 5 nitrogen and oxygen atoms in total. The number of halogens is 3. The molecule has 156 valence electrons. The average molecular weight is 484 g/mol. The number of benzene rings is 3. The van der Waals surface area contributed by atoms with E-state index in [2.05, 4.69) is 5.32 Å². The Labute approximate surface area is 190 Å². The predicted molar refractivity (Wildman–Crippen MR) is 121 cm³/mol. The zero-order valence-electron chi connectivity index (χ0n) is 15.6. The number of anilines is 1. The summed E-state index contributed by atoms with van der Waals surface area (Å²) in [5, 5.41) is 3.26. The van der Waals surface area contributed by atoms with E-state index in [0.717, 1.165) is 9.87 Å². The Morgan fingerprint density at radius 2 is 1.40 bits per heavy atom. The second kappa shape index (κ2) is 9.81. The van der Waals surface area contributed by atoms with Crippen molar-refractivity contribution in [1.29, 1.82) is 0 Å². The van der Waals surface area contributed by atoms with Gasteiger partial charge in [0.05, 0.1) is 32.2 Å². The van der Waals surface area contributed by atoms with Gasteiger partial charge in [-0.2, -0.15) is 4.31 Å². The Morgan fingerprint density at radius 3 is 2.03 bits per heavy atom. The maximum absolute atomic E-state index is 13.2. The third-order valence-electron chi connectivity index (χ3n) is 4.19. The molecule has 9 heteroatoms. The van der Waals surface area contributed by atoms with E-state index in [1.165, 1.54) is 24.3 Å². The van der Waals surface area contributed by atoms with Crippen molar-refractivity contribution in [2.24, 2.45) is 0 Å². The fourth-order valence-electron chi connectivity index (χ4n) is 2.72. The molecule has 0 aliphatic heterocycles. The number of hydrogen-bond donors (Lipinski definition) is 1. The second-order valence-corrected chi connectivity index (χ2v) is 9.53. The molecule has 0 spiro atoms. The van der Waals surface area contributed by atoms with Crippen LogP contribution in [0.25, 0.3) is 0 Å². The number of rotatable bonds is 7. The van der Waals surface area contributed by atoms with Crippen molar-refractivity contribution in [2.75, 3.05) is 11.9 Å². The largest absolute Gasteiger partial charge is 0.324 e. The third-order valence-corrected chi connectivity index (χ3v) is 7.03. The van der Waals surface area contributed by atoms with E-state index in [-0.39, 0.29) is 32.2 Å². The SMILES string of the molecule is O=C(CN(Cc1ccccc1)S(=O)(=O)c1ccccc1)Nc1cc(Cl)c(Cl)cc1Cl. The number of nitrogens with one attached hydrogen (secondary N) is 1. The van der Waals surface area contributed by atoms with Crippen LogP contribution in [0.15, 0.2) is 77.7 Å². The van der Waals surface area contributed by atoms with Gasteiger partial charge >= 0.3 is 0 Å². The van der Waals surface area contributed by atoms with E-state index in [1.54, 1.807) is 42.5 Å². The fourth-order valence-corrected chi connectivity index (χ4v) is 4.72. The fraction of sp³-hybridized carbons (Fsp3) is 0.0952. The van der Waals surface area contributed by atoms with Gasteiger partial charge in [-0.05, 0) is 29.8 Å². The maximum atomic E-state index is 13.2. The van der Waals surface area contributed by atoms with Gasteiger partial charge in [-0.3, -0.25) is 4.79 Å². The Morgan fingerprint density at radius 1 is 0.833 bits per heavy atom. The Hall–Kier alpha value is -2.09. The van der Waals surface area contributed by atoms with Crippen molar-refractivity contribution in [2.45, 2.75) is 11.4 Å². The van der Waals surface area contributed by atoms with E-state index >= 15 is 0 Å². The summed E-state index contributed by atoms with van der Waals surface area (Å²) in [5.74, 6) is -0.564.